The van der Waals surface area contributed by atoms with Crippen LogP contribution in [0.25, 0.3) is 11.0 Å². The van der Waals surface area contributed by atoms with E-state index in [1.807, 2.05) is 31.2 Å². The number of carbonyl (C=O) groups is 1. The summed E-state index contributed by atoms with van der Waals surface area (Å²) in [4.78, 5) is 12.5. The quantitative estimate of drug-likeness (QED) is 0.772. The largest absolute Gasteiger partial charge is 0.453 e. The van der Waals surface area contributed by atoms with E-state index in [2.05, 4.69) is 0 Å². The van der Waals surface area contributed by atoms with Crippen molar-refractivity contribution in [1.29, 1.82) is 0 Å². The van der Waals surface area contributed by atoms with Crippen LogP contribution < -0.4 is 0 Å². The summed E-state index contributed by atoms with van der Waals surface area (Å²) in [6.07, 6.45) is 3.39. The first-order valence-corrected chi connectivity index (χ1v) is 6.90. The molecule has 2 fully saturated rings. The third kappa shape index (κ3) is 1.72. The van der Waals surface area contributed by atoms with E-state index >= 15 is 0 Å². The van der Waals surface area contributed by atoms with E-state index < -0.39 is 0 Å². The summed E-state index contributed by atoms with van der Waals surface area (Å²) >= 11 is 0. The van der Waals surface area contributed by atoms with Gasteiger partial charge >= 0.3 is 0 Å². The number of ketones is 1. The predicted octanol–water partition coefficient (Wildman–Crippen LogP) is 3.49. The van der Waals surface area contributed by atoms with E-state index in [-0.39, 0.29) is 17.8 Å². The van der Waals surface area contributed by atoms with Crippen LogP contribution in [0, 0.1) is 12.8 Å². The summed E-state index contributed by atoms with van der Waals surface area (Å²) in [5.74, 6) is 0.600. The van der Waals surface area contributed by atoms with Crippen molar-refractivity contribution in [3.8, 4) is 0 Å². The Bertz CT molecular complexity index is 655. The molecule has 1 aromatic carbocycles. The second-order valence-electron chi connectivity index (χ2n) is 5.73. The highest BCUT2D eigenvalue weighted by Crippen LogP contribution is 2.40. The van der Waals surface area contributed by atoms with Gasteiger partial charge in [0.15, 0.2) is 5.76 Å². The maximum atomic E-state index is 12.5. The third-order valence-electron chi connectivity index (χ3n) is 4.36. The lowest BCUT2D eigenvalue weighted by molar-refractivity contribution is 0.0724. The number of hydrogen-bond acceptors (Lipinski definition) is 3. The predicted molar refractivity (Wildman–Crippen MR) is 71.3 cm³/mol. The van der Waals surface area contributed by atoms with Crippen molar-refractivity contribution < 1.29 is 13.9 Å². The molecule has 3 nitrogen and oxygen atoms in total. The van der Waals surface area contributed by atoms with Gasteiger partial charge in [-0.25, -0.2) is 0 Å². The smallest absolute Gasteiger partial charge is 0.203 e. The molecule has 0 amide bonds. The monoisotopic (exact) mass is 256 g/mol. The van der Waals surface area contributed by atoms with Gasteiger partial charge in [-0.2, -0.15) is 0 Å². The molecule has 3 heteroatoms. The first kappa shape index (κ1) is 11.2. The topological polar surface area (TPSA) is 39.4 Å². The van der Waals surface area contributed by atoms with Gasteiger partial charge in [-0.1, -0.05) is 11.6 Å². The Balaban J connectivity index is 1.68. The summed E-state index contributed by atoms with van der Waals surface area (Å²) in [6.45, 7) is 2.04. The molecule has 19 heavy (non-hydrogen) atoms. The maximum absolute atomic E-state index is 12.5. The van der Waals surface area contributed by atoms with Crippen LogP contribution in [-0.2, 0) is 4.74 Å². The first-order chi connectivity index (χ1) is 9.20. The molecular formula is C16H16O3. The zero-order chi connectivity index (χ0) is 13.0. The van der Waals surface area contributed by atoms with Crippen molar-refractivity contribution in [2.75, 3.05) is 0 Å². The molecule has 2 saturated heterocycles. The van der Waals surface area contributed by atoms with Crippen LogP contribution in [-0.4, -0.2) is 18.0 Å². The van der Waals surface area contributed by atoms with E-state index in [1.165, 1.54) is 5.56 Å². The fraction of sp³-hybridized carbons (Fsp3) is 0.438. The maximum Gasteiger partial charge on any atom is 0.203 e. The first-order valence-electron chi connectivity index (χ1n) is 6.90. The SMILES string of the molecule is Cc1ccc2oc(C(=O)C3CC4CCC3O4)cc2c1. The number of furan rings is 1. The number of benzene rings is 1. The van der Waals surface area contributed by atoms with Gasteiger partial charge < -0.3 is 9.15 Å². The minimum Gasteiger partial charge on any atom is -0.453 e. The van der Waals surface area contributed by atoms with Crippen molar-refractivity contribution in [2.24, 2.45) is 5.92 Å². The van der Waals surface area contributed by atoms with Crippen molar-refractivity contribution in [3.05, 3.63) is 35.6 Å². The fourth-order valence-corrected chi connectivity index (χ4v) is 3.38. The molecule has 0 aliphatic carbocycles. The van der Waals surface area contributed by atoms with Gasteiger partial charge in [-0.15, -0.1) is 0 Å². The van der Waals surface area contributed by atoms with Crippen LogP contribution in [0.1, 0.15) is 35.4 Å². The molecule has 1 aromatic heterocycles. The molecular weight excluding hydrogens is 240 g/mol. The fourth-order valence-electron chi connectivity index (χ4n) is 3.38. The molecule has 3 unspecified atom stereocenters. The van der Waals surface area contributed by atoms with Crippen LogP contribution in [0.15, 0.2) is 28.7 Å². The zero-order valence-electron chi connectivity index (χ0n) is 10.9. The molecule has 2 aliphatic rings. The van der Waals surface area contributed by atoms with E-state index in [0.29, 0.717) is 11.9 Å². The summed E-state index contributed by atoms with van der Waals surface area (Å²) < 4.78 is 11.5. The minimum absolute atomic E-state index is 0.000379. The highest BCUT2D eigenvalue weighted by atomic mass is 16.5. The molecule has 2 aromatic rings. The molecule has 3 atom stereocenters. The second-order valence-corrected chi connectivity index (χ2v) is 5.73. The lowest BCUT2D eigenvalue weighted by atomic mass is 9.85. The Kier molecular flexibility index (Phi) is 2.33. The number of carbonyl (C=O) groups excluding carboxylic acids is 1. The summed E-state index contributed by atoms with van der Waals surface area (Å²) in [6, 6.07) is 7.85. The number of ether oxygens (including phenoxy) is 1. The molecule has 2 aliphatic heterocycles. The highest BCUT2D eigenvalue weighted by molar-refractivity contribution is 5.99. The van der Waals surface area contributed by atoms with Gasteiger partial charge in [-0.05, 0) is 44.4 Å². The molecule has 2 bridgehead atoms. The normalized spacial score (nSPS) is 29.2. The van der Waals surface area contributed by atoms with Crippen LogP contribution in [0.5, 0.6) is 0 Å². The lowest BCUT2D eigenvalue weighted by Gasteiger charge is -2.15. The number of aryl methyl sites for hydroxylation is 1. The summed E-state index contributed by atoms with van der Waals surface area (Å²) in [7, 11) is 0. The third-order valence-corrected chi connectivity index (χ3v) is 4.36. The van der Waals surface area contributed by atoms with E-state index in [1.54, 1.807) is 0 Å². The number of fused-ring (bicyclic) bond motifs is 3. The van der Waals surface area contributed by atoms with Gasteiger partial charge in [0, 0.05) is 5.39 Å². The van der Waals surface area contributed by atoms with E-state index in [0.717, 1.165) is 30.2 Å². The molecule has 0 radical (unpaired) electrons. The van der Waals surface area contributed by atoms with Gasteiger partial charge in [0.2, 0.25) is 5.78 Å². The minimum atomic E-state index is 0.000379. The van der Waals surface area contributed by atoms with Crippen LogP contribution >= 0.6 is 0 Å². The number of Topliss-reactive ketones (excluding diaryl/α,β-unsaturated/α-hetero) is 1. The average Bonchev–Trinajstić information content (AvgIpc) is 3.11. The number of hydrogen-bond donors (Lipinski definition) is 0. The van der Waals surface area contributed by atoms with Crippen LogP contribution in [0.4, 0.5) is 0 Å². The highest BCUT2D eigenvalue weighted by Gasteiger charge is 2.45. The van der Waals surface area contributed by atoms with Gasteiger partial charge in [-0.3, -0.25) is 4.79 Å². The lowest BCUT2D eigenvalue weighted by Crippen LogP contribution is -2.25. The Morgan fingerprint density at radius 1 is 1.26 bits per heavy atom. The number of rotatable bonds is 2. The van der Waals surface area contributed by atoms with Gasteiger partial charge in [0.1, 0.15) is 5.58 Å². The molecule has 0 spiro atoms. The molecule has 98 valence electrons. The summed E-state index contributed by atoms with van der Waals surface area (Å²) in [5.41, 5.74) is 1.97. The zero-order valence-corrected chi connectivity index (χ0v) is 10.9. The van der Waals surface area contributed by atoms with Crippen molar-refractivity contribution in [3.63, 3.8) is 0 Å². The Morgan fingerprint density at radius 3 is 2.89 bits per heavy atom. The second kappa shape index (κ2) is 3.94. The Morgan fingerprint density at radius 2 is 2.16 bits per heavy atom. The van der Waals surface area contributed by atoms with E-state index in [9.17, 15) is 4.79 Å². The van der Waals surface area contributed by atoms with Crippen LogP contribution in [0.3, 0.4) is 0 Å². The molecule has 0 N–H and O–H groups in total. The van der Waals surface area contributed by atoms with Crippen molar-refractivity contribution in [1.82, 2.24) is 0 Å². The average molecular weight is 256 g/mol. The Labute approximate surface area is 111 Å². The van der Waals surface area contributed by atoms with E-state index in [4.69, 9.17) is 9.15 Å². The van der Waals surface area contributed by atoms with Crippen molar-refractivity contribution in [2.45, 2.75) is 38.4 Å². The van der Waals surface area contributed by atoms with Crippen molar-refractivity contribution >= 4 is 16.8 Å². The molecule has 3 heterocycles. The molecule has 0 saturated carbocycles. The van der Waals surface area contributed by atoms with Gasteiger partial charge in [0.05, 0.1) is 18.1 Å². The van der Waals surface area contributed by atoms with Crippen LogP contribution in [0.2, 0.25) is 0 Å². The standard InChI is InChI=1S/C16H16O3/c1-9-2-4-13-10(6-9)7-15(19-13)16(17)12-8-11-3-5-14(12)18-11/h2,4,6-7,11-12,14H,3,5,8H2,1H3. The Hall–Kier alpha value is -1.61. The molecule has 4 rings (SSSR count). The van der Waals surface area contributed by atoms with Gasteiger partial charge in [0.25, 0.3) is 0 Å². The summed E-state index contributed by atoms with van der Waals surface area (Å²) in [5, 5.41) is 1.01.